The molecule has 0 radical (unpaired) electrons. The lowest BCUT2D eigenvalue weighted by molar-refractivity contribution is 0.170. The van der Waals surface area contributed by atoms with Gasteiger partial charge in [0.05, 0.1) is 18.9 Å². The normalized spacial score (nSPS) is 20.8. The van der Waals surface area contributed by atoms with Gasteiger partial charge < -0.3 is 0 Å². The van der Waals surface area contributed by atoms with Crippen LogP contribution < -0.4 is 0 Å². The van der Waals surface area contributed by atoms with Crippen LogP contribution in [0.3, 0.4) is 0 Å². The van der Waals surface area contributed by atoms with E-state index in [0.717, 1.165) is 38.4 Å². The number of azide groups is 2. The first-order valence-corrected chi connectivity index (χ1v) is 10.7. The summed E-state index contributed by atoms with van der Waals surface area (Å²) in [6.07, 6.45) is 5.37. The van der Waals surface area contributed by atoms with Gasteiger partial charge in [0, 0.05) is 15.9 Å². The van der Waals surface area contributed by atoms with Gasteiger partial charge in [0.25, 0.3) is 10.1 Å². The Kier molecular flexibility index (Phi) is 16.5. The molecule has 1 aliphatic rings. The summed E-state index contributed by atoms with van der Waals surface area (Å²) in [5.41, 5.74) is 17.0. The second-order valence-electron chi connectivity index (χ2n) is 5.24. The van der Waals surface area contributed by atoms with E-state index in [0.29, 0.717) is 6.42 Å². The van der Waals surface area contributed by atoms with Gasteiger partial charge in [-0.2, -0.15) is 8.42 Å². The molecule has 1 fully saturated rings. The van der Waals surface area contributed by atoms with E-state index in [9.17, 15) is 8.42 Å². The van der Waals surface area contributed by atoms with Gasteiger partial charge in [-0.15, -0.1) is 0 Å². The fourth-order valence-corrected chi connectivity index (χ4v) is 3.35. The molecule has 0 N–H and O–H groups in total. The average molecular weight is 377 g/mol. The van der Waals surface area contributed by atoms with Crippen LogP contribution in [0.2, 0.25) is 0 Å². The number of hydrogen-bond acceptors (Lipinski definition) is 5. The van der Waals surface area contributed by atoms with Crippen molar-refractivity contribution in [3.63, 3.8) is 0 Å². The molecule has 0 aliphatic heterocycles. The second-order valence-corrected chi connectivity index (χ2v) is 6.84. The zero-order valence-corrected chi connectivity index (χ0v) is 16.8. The Morgan fingerprint density at radius 1 is 1.08 bits per heavy atom. The summed E-state index contributed by atoms with van der Waals surface area (Å²) in [6.45, 7) is 7.95. The van der Waals surface area contributed by atoms with E-state index >= 15 is 0 Å². The minimum Gasteiger partial charge on any atom is -0.267 e. The highest BCUT2D eigenvalue weighted by Gasteiger charge is 2.27. The molecule has 0 bridgehead atoms. The maximum Gasteiger partial charge on any atom is 0.264 e. The first-order chi connectivity index (χ1) is 12.0. The predicted octanol–water partition coefficient (Wildman–Crippen LogP) is 5.34. The average Bonchev–Trinajstić information content (AvgIpc) is 2.81. The summed E-state index contributed by atoms with van der Waals surface area (Å²) in [6, 6.07) is -0.158. The van der Waals surface area contributed by atoms with E-state index in [1.54, 1.807) is 0 Å². The van der Waals surface area contributed by atoms with E-state index in [1.165, 1.54) is 0 Å². The van der Waals surface area contributed by atoms with Gasteiger partial charge >= 0.3 is 0 Å². The molecule has 10 heteroatoms. The lowest BCUT2D eigenvalue weighted by Gasteiger charge is -2.25. The Labute approximate surface area is 151 Å². The highest BCUT2D eigenvalue weighted by atomic mass is 32.2. The van der Waals surface area contributed by atoms with Gasteiger partial charge in [-0.1, -0.05) is 57.2 Å². The first-order valence-electron chi connectivity index (χ1n) is 8.89. The summed E-state index contributed by atoms with van der Waals surface area (Å²) in [4.78, 5) is 5.52. The number of hydrogen-bond donors (Lipinski definition) is 0. The Bertz CT molecular complexity index is 527. The van der Waals surface area contributed by atoms with Crippen LogP contribution in [0.4, 0.5) is 0 Å². The summed E-state index contributed by atoms with van der Waals surface area (Å²) in [5.74, 6) is 0.0454. The number of nitrogens with zero attached hydrogens (tertiary/aromatic N) is 6. The fourth-order valence-electron chi connectivity index (χ4n) is 2.71. The van der Waals surface area contributed by atoms with Crippen molar-refractivity contribution in [2.45, 2.75) is 78.4 Å². The minimum atomic E-state index is -3.63. The van der Waals surface area contributed by atoms with Gasteiger partial charge in [0.15, 0.2) is 0 Å². The first kappa shape index (κ1) is 25.8. The van der Waals surface area contributed by atoms with Gasteiger partial charge in [-0.25, -0.2) is 0 Å². The van der Waals surface area contributed by atoms with Crippen molar-refractivity contribution in [2.24, 2.45) is 16.1 Å². The van der Waals surface area contributed by atoms with Crippen molar-refractivity contribution >= 4 is 10.1 Å². The standard InChI is InChI=1S/C11H20N6O3S.2C2H6/c1-21(18,19)20-10(8-14-16-12)7-9-5-3-2-4-6-11(9)15-17-13;2*1-2/h9-11H,2-8H2,1H3;2*1-2H3/t9-,10+,11+;;/m0../s1. The van der Waals surface area contributed by atoms with E-state index in [4.69, 9.17) is 15.2 Å². The highest BCUT2D eigenvalue weighted by Crippen LogP contribution is 2.30. The third-order valence-electron chi connectivity index (χ3n) is 3.54. The van der Waals surface area contributed by atoms with Crippen LogP contribution in [-0.4, -0.2) is 33.4 Å². The van der Waals surface area contributed by atoms with Crippen molar-refractivity contribution in [2.75, 3.05) is 12.8 Å². The molecule has 1 aliphatic carbocycles. The number of rotatable bonds is 7. The zero-order chi connectivity index (χ0) is 19.7. The molecule has 0 aromatic rings. The summed E-state index contributed by atoms with van der Waals surface area (Å²) >= 11 is 0. The Morgan fingerprint density at radius 2 is 1.68 bits per heavy atom. The van der Waals surface area contributed by atoms with Gasteiger partial charge in [-0.3, -0.25) is 4.18 Å². The second kappa shape index (κ2) is 16.0. The van der Waals surface area contributed by atoms with Crippen LogP contribution in [0.1, 0.15) is 66.2 Å². The predicted molar refractivity (Wildman–Crippen MR) is 101 cm³/mol. The van der Waals surface area contributed by atoms with E-state index in [1.807, 2.05) is 27.7 Å². The Balaban J connectivity index is 0. The largest absolute Gasteiger partial charge is 0.267 e. The van der Waals surface area contributed by atoms with Gasteiger partial charge in [0.1, 0.15) is 0 Å². The third kappa shape index (κ3) is 13.5. The molecule has 25 heavy (non-hydrogen) atoms. The third-order valence-corrected chi connectivity index (χ3v) is 4.17. The Morgan fingerprint density at radius 3 is 2.20 bits per heavy atom. The lowest BCUT2D eigenvalue weighted by Crippen LogP contribution is -2.28. The molecule has 1 rings (SSSR count). The van der Waals surface area contributed by atoms with Crippen LogP contribution in [0.15, 0.2) is 10.2 Å². The van der Waals surface area contributed by atoms with Crippen LogP contribution in [0.25, 0.3) is 20.9 Å². The van der Waals surface area contributed by atoms with Crippen molar-refractivity contribution in [1.82, 2.24) is 0 Å². The lowest BCUT2D eigenvalue weighted by atomic mass is 9.90. The van der Waals surface area contributed by atoms with E-state index in [-0.39, 0.29) is 18.5 Å². The van der Waals surface area contributed by atoms with Crippen molar-refractivity contribution < 1.29 is 12.6 Å². The van der Waals surface area contributed by atoms with Crippen molar-refractivity contribution in [1.29, 1.82) is 0 Å². The molecule has 0 spiro atoms. The maximum absolute atomic E-state index is 11.3. The van der Waals surface area contributed by atoms with Crippen LogP contribution in [-0.2, 0) is 14.3 Å². The highest BCUT2D eigenvalue weighted by molar-refractivity contribution is 7.86. The molecule has 0 saturated heterocycles. The fraction of sp³-hybridized carbons (Fsp3) is 1.00. The van der Waals surface area contributed by atoms with E-state index in [2.05, 4.69) is 20.1 Å². The van der Waals surface area contributed by atoms with Crippen molar-refractivity contribution in [3.8, 4) is 0 Å². The summed E-state index contributed by atoms with van der Waals surface area (Å²) < 4.78 is 27.5. The van der Waals surface area contributed by atoms with E-state index < -0.39 is 16.2 Å². The molecule has 0 unspecified atom stereocenters. The van der Waals surface area contributed by atoms with Crippen LogP contribution in [0, 0.1) is 5.92 Å². The minimum absolute atomic E-state index is 0.0454. The Hall–Kier alpha value is -1.47. The summed E-state index contributed by atoms with van der Waals surface area (Å²) in [7, 11) is -3.63. The smallest absolute Gasteiger partial charge is 0.264 e. The quantitative estimate of drug-likeness (QED) is 0.194. The van der Waals surface area contributed by atoms with Crippen LogP contribution >= 0.6 is 0 Å². The monoisotopic (exact) mass is 376 g/mol. The molecular weight excluding hydrogens is 344 g/mol. The van der Waals surface area contributed by atoms with Gasteiger partial charge in [0.2, 0.25) is 0 Å². The molecule has 1 saturated carbocycles. The van der Waals surface area contributed by atoms with Crippen molar-refractivity contribution in [3.05, 3.63) is 20.9 Å². The molecule has 0 amide bonds. The topological polar surface area (TPSA) is 141 Å². The summed E-state index contributed by atoms with van der Waals surface area (Å²) in [5, 5.41) is 7.23. The van der Waals surface area contributed by atoms with Crippen LogP contribution in [0.5, 0.6) is 0 Å². The molecule has 0 aromatic carbocycles. The molecule has 3 atom stereocenters. The molecular formula is C15H32N6O3S. The molecule has 0 heterocycles. The molecule has 9 nitrogen and oxygen atoms in total. The SMILES string of the molecule is CC.CC.CS(=O)(=O)O[C@@H](CN=[N+]=[N-])C[C@@H]1CCCCC[C@H]1N=[N+]=[N-]. The zero-order valence-electron chi connectivity index (χ0n) is 16.0. The van der Waals surface area contributed by atoms with Gasteiger partial charge in [-0.05, 0) is 36.2 Å². The maximum atomic E-state index is 11.3. The molecule has 0 aromatic heterocycles. The molecule has 146 valence electrons.